The summed E-state index contributed by atoms with van der Waals surface area (Å²) >= 11 is 0. The van der Waals surface area contributed by atoms with Crippen LogP contribution in [0.25, 0.3) is 0 Å². The van der Waals surface area contributed by atoms with Crippen LogP contribution in [0.3, 0.4) is 0 Å². The molecule has 1 aromatic heterocycles. The minimum absolute atomic E-state index is 0.150. The zero-order chi connectivity index (χ0) is 11.5. The zero-order valence-electron chi connectivity index (χ0n) is 9.66. The first-order chi connectivity index (χ1) is 7.70. The van der Waals surface area contributed by atoms with Crippen LogP contribution >= 0.6 is 0 Å². The molecule has 1 amide bonds. The molecule has 2 atom stereocenters. The maximum absolute atomic E-state index is 11.4. The lowest BCUT2D eigenvalue weighted by molar-refractivity contribution is 0.0958. The summed E-state index contributed by atoms with van der Waals surface area (Å²) < 4.78 is 0. The van der Waals surface area contributed by atoms with Gasteiger partial charge in [0.1, 0.15) is 5.69 Å². The number of amides is 1. The van der Waals surface area contributed by atoms with Crippen molar-refractivity contribution in [1.29, 1.82) is 0 Å². The third kappa shape index (κ3) is 2.51. The summed E-state index contributed by atoms with van der Waals surface area (Å²) in [5, 5.41) is 5.90. The second-order valence-electron chi connectivity index (χ2n) is 4.36. The Kier molecular flexibility index (Phi) is 3.08. The molecule has 2 unspecified atom stereocenters. The van der Waals surface area contributed by atoms with Crippen molar-refractivity contribution >= 4 is 11.6 Å². The van der Waals surface area contributed by atoms with Gasteiger partial charge < -0.3 is 10.6 Å². The molecule has 4 heteroatoms. The van der Waals surface area contributed by atoms with E-state index in [9.17, 15) is 4.79 Å². The molecule has 4 nitrogen and oxygen atoms in total. The van der Waals surface area contributed by atoms with E-state index < -0.39 is 0 Å². The lowest BCUT2D eigenvalue weighted by Gasteiger charge is -2.06. The molecule has 1 heterocycles. The molecule has 1 fully saturated rings. The van der Waals surface area contributed by atoms with Crippen LogP contribution in [0.5, 0.6) is 0 Å². The summed E-state index contributed by atoms with van der Waals surface area (Å²) in [6.45, 7) is 3.24. The Morgan fingerprint density at radius 3 is 3.00 bits per heavy atom. The van der Waals surface area contributed by atoms with Crippen molar-refractivity contribution in [1.82, 2.24) is 10.3 Å². The van der Waals surface area contributed by atoms with Gasteiger partial charge in [0, 0.05) is 25.5 Å². The van der Waals surface area contributed by atoms with Crippen LogP contribution in [-0.4, -0.2) is 24.5 Å². The normalized spacial score (nSPS) is 22.6. The molecular weight excluding hydrogens is 202 g/mol. The van der Waals surface area contributed by atoms with Crippen LogP contribution in [0, 0.1) is 11.8 Å². The van der Waals surface area contributed by atoms with Crippen LogP contribution in [-0.2, 0) is 0 Å². The number of nitrogens with one attached hydrogen (secondary N) is 2. The molecule has 2 rings (SSSR count). The summed E-state index contributed by atoms with van der Waals surface area (Å²) in [5.74, 6) is 1.48. The molecule has 1 aliphatic rings. The van der Waals surface area contributed by atoms with E-state index in [1.807, 2.05) is 6.07 Å². The molecule has 0 saturated heterocycles. The van der Waals surface area contributed by atoms with Gasteiger partial charge in [-0.15, -0.1) is 0 Å². The van der Waals surface area contributed by atoms with E-state index in [2.05, 4.69) is 22.5 Å². The number of aromatic nitrogens is 1. The fourth-order valence-electron chi connectivity index (χ4n) is 1.73. The van der Waals surface area contributed by atoms with E-state index in [1.54, 1.807) is 19.3 Å². The van der Waals surface area contributed by atoms with Crippen molar-refractivity contribution in [2.75, 3.05) is 18.9 Å². The largest absolute Gasteiger partial charge is 0.385 e. The van der Waals surface area contributed by atoms with Crippen LogP contribution in [0.1, 0.15) is 23.8 Å². The highest BCUT2D eigenvalue weighted by Gasteiger charge is 2.31. The van der Waals surface area contributed by atoms with Gasteiger partial charge in [-0.1, -0.05) is 6.92 Å². The number of carbonyl (C=O) groups is 1. The Bertz CT molecular complexity index is 392. The third-order valence-corrected chi connectivity index (χ3v) is 3.06. The van der Waals surface area contributed by atoms with Gasteiger partial charge in [0.05, 0.1) is 0 Å². The topological polar surface area (TPSA) is 54.0 Å². The smallest absolute Gasteiger partial charge is 0.269 e. The van der Waals surface area contributed by atoms with Crippen LogP contribution < -0.4 is 10.6 Å². The number of rotatable bonds is 4. The summed E-state index contributed by atoms with van der Waals surface area (Å²) in [4.78, 5) is 15.4. The van der Waals surface area contributed by atoms with E-state index in [0.29, 0.717) is 5.69 Å². The predicted molar refractivity (Wildman–Crippen MR) is 63.4 cm³/mol. The van der Waals surface area contributed by atoms with Crippen molar-refractivity contribution in [3.8, 4) is 0 Å². The molecule has 2 N–H and O–H groups in total. The van der Waals surface area contributed by atoms with Gasteiger partial charge in [0.2, 0.25) is 0 Å². The van der Waals surface area contributed by atoms with E-state index in [0.717, 1.165) is 24.1 Å². The highest BCUT2D eigenvalue weighted by Crippen LogP contribution is 2.37. The number of anilines is 1. The Morgan fingerprint density at radius 2 is 2.38 bits per heavy atom. The summed E-state index contributed by atoms with van der Waals surface area (Å²) in [7, 11) is 1.61. The van der Waals surface area contributed by atoms with Gasteiger partial charge in [0.25, 0.3) is 5.91 Å². The van der Waals surface area contributed by atoms with Gasteiger partial charge in [-0.05, 0) is 30.4 Å². The van der Waals surface area contributed by atoms with Crippen molar-refractivity contribution in [2.45, 2.75) is 13.3 Å². The quantitative estimate of drug-likeness (QED) is 0.807. The molecule has 0 aromatic carbocycles. The predicted octanol–water partition coefficient (Wildman–Crippen LogP) is 1.51. The molecule has 1 aromatic rings. The van der Waals surface area contributed by atoms with Gasteiger partial charge >= 0.3 is 0 Å². The average molecular weight is 219 g/mol. The third-order valence-electron chi connectivity index (χ3n) is 3.06. The van der Waals surface area contributed by atoms with Gasteiger partial charge in [-0.25, -0.2) is 0 Å². The standard InChI is InChI=1S/C12H17N3O/c1-8-5-9(8)7-15-10-3-4-14-11(6-10)12(16)13-2/h3-4,6,8-9H,5,7H2,1-2H3,(H,13,16)(H,14,15). The lowest BCUT2D eigenvalue weighted by atomic mass is 10.3. The molecule has 1 saturated carbocycles. The Balaban J connectivity index is 1.96. The van der Waals surface area contributed by atoms with Gasteiger partial charge in [-0.2, -0.15) is 0 Å². The van der Waals surface area contributed by atoms with Gasteiger partial charge in [0.15, 0.2) is 0 Å². The highest BCUT2D eigenvalue weighted by molar-refractivity contribution is 5.92. The first kappa shape index (κ1) is 10.9. The average Bonchev–Trinajstić information content (AvgIpc) is 3.02. The second-order valence-corrected chi connectivity index (χ2v) is 4.36. The minimum Gasteiger partial charge on any atom is -0.385 e. The molecule has 16 heavy (non-hydrogen) atoms. The molecule has 0 aliphatic heterocycles. The van der Waals surface area contributed by atoms with Crippen molar-refractivity contribution in [3.63, 3.8) is 0 Å². The van der Waals surface area contributed by atoms with E-state index in [1.165, 1.54) is 6.42 Å². The summed E-state index contributed by atoms with van der Waals surface area (Å²) in [6.07, 6.45) is 2.96. The van der Waals surface area contributed by atoms with Crippen molar-refractivity contribution < 1.29 is 4.79 Å². The maximum Gasteiger partial charge on any atom is 0.269 e. The van der Waals surface area contributed by atoms with Crippen LogP contribution in [0.2, 0.25) is 0 Å². The number of nitrogens with zero attached hydrogens (tertiary/aromatic N) is 1. The fourth-order valence-corrected chi connectivity index (χ4v) is 1.73. The first-order valence-electron chi connectivity index (χ1n) is 5.62. The molecule has 0 bridgehead atoms. The maximum atomic E-state index is 11.4. The number of hydrogen-bond acceptors (Lipinski definition) is 3. The van der Waals surface area contributed by atoms with Crippen LogP contribution in [0.4, 0.5) is 5.69 Å². The summed E-state index contributed by atoms with van der Waals surface area (Å²) in [5.41, 5.74) is 1.42. The number of pyridine rings is 1. The zero-order valence-corrected chi connectivity index (χ0v) is 9.66. The molecule has 86 valence electrons. The van der Waals surface area contributed by atoms with Crippen molar-refractivity contribution in [2.24, 2.45) is 11.8 Å². The Hall–Kier alpha value is -1.58. The molecule has 0 spiro atoms. The van der Waals surface area contributed by atoms with E-state index in [4.69, 9.17) is 0 Å². The number of carbonyl (C=O) groups excluding carboxylic acids is 1. The molecular formula is C12H17N3O. The number of hydrogen-bond donors (Lipinski definition) is 2. The van der Waals surface area contributed by atoms with Gasteiger partial charge in [-0.3, -0.25) is 9.78 Å². The van der Waals surface area contributed by atoms with E-state index >= 15 is 0 Å². The summed E-state index contributed by atoms with van der Waals surface area (Å²) in [6, 6.07) is 3.67. The second kappa shape index (κ2) is 4.51. The highest BCUT2D eigenvalue weighted by atomic mass is 16.1. The first-order valence-corrected chi connectivity index (χ1v) is 5.62. The molecule has 1 aliphatic carbocycles. The monoisotopic (exact) mass is 219 g/mol. The Morgan fingerprint density at radius 1 is 1.62 bits per heavy atom. The Labute approximate surface area is 95.5 Å². The van der Waals surface area contributed by atoms with Crippen molar-refractivity contribution in [3.05, 3.63) is 24.0 Å². The SMILES string of the molecule is CNC(=O)c1cc(NCC2CC2C)ccn1. The fraction of sp³-hybridized carbons (Fsp3) is 0.500. The lowest BCUT2D eigenvalue weighted by Crippen LogP contribution is -2.19. The van der Waals surface area contributed by atoms with E-state index in [-0.39, 0.29) is 5.91 Å². The minimum atomic E-state index is -0.150. The molecule has 0 radical (unpaired) electrons. The van der Waals surface area contributed by atoms with Crippen LogP contribution in [0.15, 0.2) is 18.3 Å².